The summed E-state index contributed by atoms with van der Waals surface area (Å²) < 4.78 is 5.67. The van der Waals surface area contributed by atoms with Gasteiger partial charge in [-0.1, -0.05) is 26.5 Å². The van der Waals surface area contributed by atoms with Gasteiger partial charge in [-0.25, -0.2) is 9.78 Å². The number of aliphatic carboxylic acids is 1. The number of carboxylic acids is 1. The molecule has 6 heterocycles. The molecular weight excluding hydrogens is 516 g/mol. The summed E-state index contributed by atoms with van der Waals surface area (Å²) in [5.74, 6) is -1.44. The minimum absolute atomic E-state index is 0.0169. The molecule has 0 radical (unpaired) electrons. The Balaban J connectivity index is 1.79. The molecular formula is C33H34N4O4. The lowest BCUT2D eigenvalue weighted by Crippen LogP contribution is -2.18. The van der Waals surface area contributed by atoms with Crippen LogP contribution in [0.5, 0.6) is 0 Å². The molecule has 3 aliphatic rings. The molecule has 0 saturated heterocycles. The average Bonchev–Trinajstić information content (AvgIpc) is 3.61. The SMILES string of the molecule is C=Cc1c(C)c2cc3nc(c4c5nc(cc6[nH]c(cc1[nH]2)c(C)c6CC)C(C)=C5C(=O)OC4)C(CCC(=O)O)C3C. The van der Waals surface area contributed by atoms with E-state index in [0.29, 0.717) is 23.4 Å². The maximum absolute atomic E-state index is 13.0. The Morgan fingerprint density at radius 3 is 2.54 bits per heavy atom. The van der Waals surface area contributed by atoms with Crippen molar-refractivity contribution in [1.29, 1.82) is 0 Å². The molecule has 0 fully saturated rings. The predicted molar refractivity (Wildman–Crippen MR) is 160 cm³/mol. The molecule has 3 aliphatic heterocycles. The zero-order valence-electron chi connectivity index (χ0n) is 24.1. The number of carbonyl (C=O) groups excluding carboxylic acids is 1. The molecule has 2 atom stereocenters. The number of fused-ring (bicyclic) bond motifs is 8. The Morgan fingerprint density at radius 2 is 1.83 bits per heavy atom. The molecule has 210 valence electrons. The van der Waals surface area contributed by atoms with Gasteiger partial charge in [0, 0.05) is 57.1 Å². The van der Waals surface area contributed by atoms with Crippen molar-refractivity contribution in [2.24, 2.45) is 0 Å². The maximum Gasteiger partial charge on any atom is 0.341 e. The Bertz CT molecular complexity index is 1860. The maximum atomic E-state index is 13.0. The summed E-state index contributed by atoms with van der Waals surface area (Å²) in [5, 5.41) is 9.51. The smallest absolute Gasteiger partial charge is 0.341 e. The number of aromatic nitrogens is 4. The third kappa shape index (κ3) is 4.20. The van der Waals surface area contributed by atoms with Crippen LogP contribution in [0.3, 0.4) is 0 Å². The predicted octanol–water partition coefficient (Wildman–Crippen LogP) is 6.88. The van der Waals surface area contributed by atoms with Crippen LogP contribution in [-0.4, -0.2) is 37.0 Å². The largest absolute Gasteiger partial charge is 0.481 e. The summed E-state index contributed by atoms with van der Waals surface area (Å²) in [6, 6.07) is 6.19. The van der Waals surface area contributed by atoms with E-state index in [1.165, 1.54) is 5.56 Å². The highest BCUT2D eigenvalue weighted by molar-refractivity contribution is 6.26. The first-order valence-electron chi connectivity index (χ1n) is 14.1. The number of rotatable bonds is 5. The van der Waals surface area contributed by atoms with Gasteiger partial charge in [0.2, 0.25) is 0 Å². The number of hydrogen-bond acceptors (Lipinski definition) is 5. The highest BCUT2D eigenvalue weighted by Gasteiger charge is 2.37. The lowest BCUT2D eigenvalue weighted by molar-refractivity contribution is -0.138. The zero-order chi connectivity index (χ0) is 29.2. The van der Waals surface area contributed by atoms with Crippen molar-refractivity contribution in [1.82, 2.24) is 19.9 Å². The van der Waals surface area contributed by atoms with E-state index < -0.39 is 11.9 Å². The third-order valence-corrected chi connectivity index (χ3v) is 8.95. The number of carboxylic acid groups (broad SMARTS) is 1. The fourth-order valence-corrected chi connectivity index (χ4v) is 6.54. The van der Waals surface area contributed by atoms with Crippen LogP contribution in [0, 0.1) is 13.8 Å². The van der Waals surface area contributed by atoms with E-state index in [9.17, 15) is 14.7 Å². The van der Waals surface area contributed by atoms with Crippen molar-refractivity contribution in [3.8, 4) is 0 Å². The van der Waals surface area contributed by atoms with Gasteiger partial charge >= 0.3 is 11.9 Å². The molecule has 0 spiro atoms. The second-order valence-corrected chi connectivity index (χ2v) is 11.2. The number of nitrogens with one attached hydrogen (secondary N) is 2. The summed E-state index contributed by atoms with van der Waals surface area (Å²) in [5.41, 5.74) is 13.1. The first kappa shape index (κ1) is 26.7. The van der Waals surface area contributed by atoms with E-state index in [1.807, 2.05) is 19.1 Å². The molecule has 8 bridgehead atoms. The average molecular weight is 551 g/mol. The quantitative estimate of drug-likeness (QED) is 0.298. The van der Waals surface area contributed by atoms with Gasteiger partial charge in [0.25, 0.3) is 0 Å². The number of carbonyl (C=O) groups is 2. The Hall–Kier alpha value is -4.46. The lowest BCUT2D eigenvalue weighted by Gasteiger charge is -2.20. The zero-order valence-corrected chi connectivity index (χ0v) is 24.1. The van der Waals surface area contributed by atoms with E-state index >= 15 is 0 Å². The number of allylic oxidation sites excluding steroid dienone is 1. The number of nitrogens with zero attached hydrogens (tertiary/aromatic N) is 2. The first-order chi connectivity index (χ1) is 19.6. The number of aryl methyl sites for hydroxylation is 3. The van der Waals surface area contributed by atoms with E-state index in [1.54, 1.807) is 0 Å². The monoisotopic (exact) mass is 550 g/mol. The standard InChI is InChI=1S/C33H34N4O4/c1-7-19-15(3)23-11-25-17(5)21(9-10-29(38)39)31(36-25)22-14-41-33(40)30-18(6)26(37-32(22)30)13-28-20(8-2)16(4)24(35-28)12-27(19)34-23/h7,11-13,17,21,34-35H,1,8-10,14H2,2-6H3,(H,38,39). The van der Waals surface area contributed by atoms with Crippen molar-refractivity contribution in [2.45, 2.75) is 72.3 Å². The summed E-state index contributed by atoms with van der Waals surface area (Å²) in [4.78, 5) is 41.9. The van der Waals surface area contributed by atoms with Gasteiger partial charge in [-0.15, -0.1) is 0 Å². The minimum atomic E-state index is -0.851. The van der Waals surface area contributed by atoms with Crippen molar-refractivity contribution < 1.29 is 19.4 Å². The number of cyclic esters (lactones) is 1. The second-order valence-electron chi connectivity index (χ2n) is 11.2. The van der Waals surface area contributed by atoms with Crippen LogP contribution in [0.2, 0.25) is 0 Å². The number of ether oxygens (including phenoxy) is 1. The van der Waals surface area contributed by atoms with Gasteiger partial charge in [0.05, 0.1) is 22.7 Å². The van der Waals surface area contributed by atoms with E-state index in [4.69, 9.17) is 14.7 Å². The van der Waals surface area contributed by atoms with Crippen molar-refractivity contribution in [2.75, 3.05) is 0 Å². The Labute approximate surface area is 238 Å². The van der Waals surface area contributed by atoms with Gasteiger partial charge in [0.1, 0.15) is 6.61 Å². The molecule has 0 amide bonds. The van der Waals surface area contributed by atoms with Crippen LogP contribution in [0.4, 0.5) is 0 Å². The van der Waals surface area contributed by atoms with Gasteiger partial charge in [-0.05, 0) is 74.1 Å². The summed E-state index contributed by atoms with van der Waals surface area (Å²) >= 11 is 0. The van der Waals surface area contributed by atoms with E-state index in [2.05, 4.69) is 56.4 Å². The van der Waals surface area contributed by atoms with Crippen LogP contribution in [0.15, 0.2) is 24.8 Å². The molecule has 0 aromatic carbocycles. The summed E-state index contributed by atoms with van der Waals surface area (Å²) in [7, 11) is 0. The van der Waals surface area contributed by atoms with Crippen molar-refractivity contribution >= 4 is 51.2 Å². The highest BCUT2D eigenvalue weighted by Crippen LogP contribution is 2.45. The number of esters is 1. The van der Waals surface area contributed by atoms with Crippen LogP contribution in [0.25, 0.3) is 39.3 Å². The number of H-pyrrole nitrogens is 2. The van der Waals surface area contributed by atoms with Crippen LogP contribution < -0.4 is 0 Å². The molecule has 6 rings (SSSR count). The summed E-state index contributed by atoms with van der Waals surface area (Å²) in [6.07, 6.45) is 3.14. The number of aromatic amines is 2. The highest BCUT2D eigenvalue weighted by atomic mass is 16.5. The summed E-state index contributed by atoms with van der Waals surface area (Å²) in [6.45, 7) is 14.4. The van der Waals surface area contributed by atoms with Crippen LogP contribution >= 0.6 is 0 Å². The van der Waals surface area contributed by atoms with E-state index in [-0.39, 0.29) is 24.9 Å². The molecule has 41 heavy (non-hydrogen) atoms. The minimum Gasteiger partial charge on any atom is -0.481 e. The Morgan fingerprint density at radius 1 is 1.10 bits per heavy atom. The topological polar surface area (TPSA) is 121 Å². The van der Waals surface area contributed by atoms with Gasteiger partial charge < -0.3 is 19.8 Å². The lowest BCUT2D eigenvalue weighted by atomic mass is 9.85. The second kappa shape index (κ2) is 9.87. The number of hydrogen-bond donors (Lipinski definition) is 3. The third-order valence-electron chi connectivity index (χ3n) is 8.95. The van der Waals surface area contributed by atoms with Gasteiger partial charge in [0.15, 0.2) is 0 Å². The molecule has 3 aromatic heterocycles. The molecule has 2 unspecified atom stereocenters. The molecule has 0 aliphatic carbocycles. The van der Waals surface area contributed by atoms with Gasteiger partial charge in [-0.2, -0.15) is 0 Å². The van der Waals surface area contributed by atoms with Crippen molar-refractivity contribution in [3.05, 3.63) is 75.4 Å². The van der Waals surface area contributed by atoms with Gasteiger partial charge in [-0.3, -0.25) is 9.78 Å². The molecule has 8 nitrogen and oxygen atoms in total. The fraction of sp³-hybridized carbons (Fsp3) is 0.333. The van der Waals surface area contributed by atoms with Crippen LogP contribution in [-0.2, 0) is 27.4 Å². The Kier molecular flexibility index (Phi) is 6.44. The van der Waals surface area contributed by atoms with Crippen LogP contribution in [0.1, 0.15) is 96.0 Å². The molecule has 0 saturated carbocycles. The first-order valence-corrected chi connectivity index (χ1v) is 14.1. The van der Waals surface area contributed by atoms with Crippen molar-refractivity contribution in [3.63, 3.8) is 0 Å². The molecule has 3 N–H and O–H groups in total. The normalized spacial score (nSPS) is 18.0. The fourth-order valence-electron chi connectivity index (χ4n) is 6.54. The molecule has 3 aromatic rings. The van der Waals surface area contributed by atoms with E-state index in [0.717, 1.165) is 67.7 Å². The molecule has 8 heteroatoms.